The summed E-state index contributed by atoms with van der Waals surface area (Å²) in [6, 6.07) is 15.0. The molecular weight excluding hydrogens is 408 g/mol. The van der Waals surface area contributed by atoms with Gasteiger partial charge in [0.15, 0.2) is 11.6 Å². The fraction of sp³-hybridized carbons (Fsp3) is 0.174. The third-order valence-electron chi connectivity index (χ3n) is 4.33. The van der Waals surface area contributed by atoms with Crippen LogP contribution in [-0.2, 0) is 9.53 Å². The molecule has 1 amide bonds. The van der Waals surface area contributed by atoms with Crippen LogP contribution in [0.25, 0.3) is 0 Å². The van der Waals surface area contributed by atoms with Gasteiger partial charge in [0, 0.05) is 36.4 Å². The second-order valence-corrected chi connectivity index (χ2v) is 6.63. The third kappa shape index (κ3) is 6.44. The third-order valence-corrected chi connectivity index (χ3v) is 4.33. The van der Waals surface area contributed by atoms with Gasteiger partial charge in [0.05, 0.1) is 19.9 Å². The molecule has 32 heavy (non-hydrogen) atoms. The van der Waals surface area contributed by atoms with E-state index in [1.54, 1.807) is 32.5 Å². The van der Waals surface area contributed by atoms with Crippen molar-refractivity contribution in [3.05, 3.63) is 67.4 Å². The molecule has 1 heterocycles. The molecule has 2 aromatic carbocycles. The van der Waals surface area contributed by atoms with Crippen molar-refractivity contribution < 1.29 is 14.3 Å². The van der Waals surface area contributed by atoms with Gasteiger partial charge in [-0.3, -0.25) is 4.79 Å². The van der Waals surface area contributed by atoms with Gasteiger partial charge in [-0.15, -0.1) is 0 Å². The zero-order valence-electron chi connectivity index (χ0n) is 18.0. The zero-order valence-corrected chi connectivity index (χ0v) is 18.0. The smallest absolute Gasteiger partial charge is 0.247 e. The normalized spacial score (nSPS) is 10.2. The highest BCUT2D eigenvalue weighted by molar-refractivity contribution is 5.99. The number of hydrogen-bond acceptors (Lipinski definition) is 8. The summed E-state index contributed by atoms with van der Waals surface area (Å²) >= 11 is 0. The van der Waals surface area contributed by atoms with Gasteiger partial charge < -0.3 is 30.7 Å². The molecule has 1 aromatic heterocycles. The second kappa shape index (κ2) is 11.3. The van der Waals surface area contributed by atoms with E-state index in [2.05, 4.69) is 37.8 Å². The van der Waals surface area contributed by atoms with Crippen LogP contribution in [0.1, 0.15) is 0 Å². The number of methoxy groups -OCH3 is 2. The first-order valence-corrected chi connectivity index (χ1v) is 9.92. The maximum Gasteiger partial charge on any atom is 0.247 e. The average Bonchev–Trinajstić information content (AvgIpc) is 2.81. The summed E-state index contributed by atoms with van der Waals surface area (Å²) in [5, 5.41) is 12.4. The van der Waals surface area contributed by atoms with Gasteiger partial charge in [0.1, 0.15) is 0 Å². The molecule has 0 aliphatic rings. The van der Waals surface area contributed by atoms with E-state index in [0.717, 1.165) is 23.6 Å². The van der Waals surface area contributed by atoms with E-state index >= 15 is 0 Å². The highest BCUT2D eigenvalue weighted by atomic mass is 16.5. The summed E-state index contributed by atoms with van der Waals surface area (Å²) in [6.45, 7) is 4.83. The van der Waals surface area contributed by atoms with Crippen LogP contribution in [0.5, 0.6) is 5.75 Å². The Morgan fingerprint density at radius 3 is 2.50 bits per heavy atom. The SMILES string of the molecule is C=CC(=O)Nc1cccc(Nc2nc(Nc3ccc(NCCOC)cc3)ncc2OC)c1. The Morgan fingerprint density at radius 1 is 1.03 bits per heavy atom. The highest BCUT2D eigenvalue weighted by Gasteiger charge is 2.09. The molecule has 0 unspecified atom stereocenters. The van der Waals surface area contributed by atoms with Crippen LogP contribution in [0.2, 0.25) is 0 Å². The first-order valence-electron chi connectivity index (χ1n) is 9.92. The number of rotatable bonds is 11. The minimum Gasteiger partial charge on any atom is -0.491 e. The number of anilines is 6. The lowest BCUT2D eigenvalue weighted by atomic mass is 10.2. The number of nitrogens with one attached hydrogen (secondary N) is 4. The lowest BCUT2D eigenvalue weighted by Gasteiger charge is -2.13. The molecule has 0 aliphatic heterocycles. The van der Waals surface area contributed by atoms with Crippen molar-refractivity contribution in [3.63, 3.8) is 0 Å². The Bertz CT molecular complexity index is 1060. The summed E-state index contributed by atoms with van der Waals surface area (Å²) in [6.07, 6.45) is 2.80. The summed E-state index contributed by atoms with van der Waals surface area (Å²) < 4.78 is 10.4. The predicted molar refractivity (Wildman–Crippen MR) is 127 cm³/mol. The molecule has 0 spiro atoms. The maximum atomic E-state index is 11.5. The number of ether oxygens (including phenoxy) is 2. The summed E-state index contributed by atoms with van der Waals surface area (Å²) in [5.41, 5.74) is 3.19. The largest absolute Gasteiger partial charge is 0.491 e. The molecule has 9 heteroatoms. The molecule has 3 rings (SSSR count). The van der Waals surface area contributed by atoms with Gasteiger partial charge in [-0.2, -0.15) is 4.98 Å². The molecule has 9 nitrogen and oxygen atoms in total. The molecule has 3 aromatic rings. The van der Waals surface area contributed by atoms with E-state index in [-0.39, 0.29) is 5.91 Å². The van der Waals surface area contributed by atoms with Crippen molar-refractivity contribution in [1.29, 1.82) is 0 Å². The van der Waals surface area contributed by atoms with Gasteiger partial charge in [-0.05, 0) is 48.5 Å². The minimum atomic E-state index is -0.284. The van der Waals surface area contributed by atoms with Gasteiger partial charge in [-0.1, -0.05) is 12.6 Å². The van der Waals surface area contributed by atoms with E-state index in [1.165, 1.54) is 6.08 Å². The molecule has 0 fully saturated rings. The van der Waals surface area contributed by atoms with E-state index in [0.29, 0.717) is 29.8 Å². The van der Waals surface area contributed by atoms with Gasteiger partial charge >= 0.3 is 0 Å². The van der Waals surface area contributed by atoms with Crippen molar-refractivity contribution >= 4 is 40.4 Å². The van der Waals surface area contributed by atoms with Crippen molar-refractivity contribution in [2.75, 3.05) is 48.6 Å². The molecule has 0 saturated heterocycles. The molecule has 4 N–H and O–H groups in total. The average molecular weight is 435 g/mol. The topological polar surface area (TPSA) is 109 Å². The molecule has 0 aliphatic carbocycles. The quantitative estimate of drug-likeness (QED) is 0.263. The Morgan fingerprint density at radius 2 is 1.78 bits per heavy atom. The van der Waals surface area contributed by atoms with E-state index in [4.69, 9.17) is 9.47 Å². The van der Waals surface area contributed by atoms with Crippen LogP contribution in [-0.4, -0.2) is 43.2 Å². The lowest BCUT2D eigenvalue weighted by molar-refractivity contribution is -0.111. The minimum absolute atomic E-state index is 0.284. The van der Waals surface area contributed by atoms with Crippen molar-refractivity contribution in [2.45, 2.75) is 0 Å². The molecule has 166 valence electrons. The summed E-state index contributed by atoms with van der Waals surface area (Å²) in [4.78, 5) is 20.4. The Balaban J connectivity index is 1.72. The van der Waals surface area contributed by atoms with Crippen molar-refractivity contribution in [2.24, 2.45) is 0 Å². The molecule has 0 atom stereocenters. The number of aromatic nitrogens is 2. The van der Waals surface area contributed by atoms with Crippen LogP contribution in [0.4, 0.5) is 34.5 Å². The van der Waals surface area contributed by atoms with Crippen LogP contribution < -0.4 is 26.0 Å². The monoisotopic (exact) mass is 434 g/mol. The molecule has 0 saturated carbocycles. The summed E-state index contributed by atoms with van der Waals surface area (Å²) in [7, 11) is 3.22. The van der Waals surface area contributed by atoms with Crippen molar-refractivity contribution in [1.82, 2.24) is 9.97 Å². The number of benzene rings is 2. The fourth-order valence-electron chi connectivity index (χ4n) is 2.77. The van der Waals surface area contributed by atoms with Gasteiger partial charge in [0.25, 0.3) is 0 Å². The number of amides is 1. The first kappa shape index (κ1) is 22.6. The number of carbonyl (C=O) groups excluding carboxylic acids is 1. The fourth-order valence-corrected chi connectivity index (χ4v) is 2.77. The molecule has 0 radical (unpaired) electrons. The lowest BCUT2D eigenvalue weighted by Crippen LogP contribution is -2.08. The molecular formula is C23H26N6O3. The van der Waals surface area contributed by atoms with Crippen LogP contribution in [0.15, 0.2) is 67.4 Å². The van der Waals surface area contributed by atoms with Gasteiger partial charge in [0.2, 0.25) is 11.9 Å². The van der Waals surface area contributed by atoms with Crippen molar-refractivity contribution in [3.8, 4) is 5.75 Å². The molecule has 0 bridgehead atoms. The number of nitrogens with zero attached hydrogens (tertiary/aromatic N) is 2. The van der Waals surface area contributed by atoms with E-state index in [9.17, 15) is 4.79 Å². The second-order valence-electron chi connectivity index (χ2n) is 6.63. The van der Waals surface area contributed by atoms with E-state index < -0.39 is 0 Å². The number of hydrogen-bond donors (Lipinski definition) is 4. The van der Waals surface area contributed by atoms with E-state index in [1.807, 2.05) is 36.4 Å². The maximum absolute atomic E-state index is 11.5. The van der Waals surface area contributed by atoms with Crippen LogP contribution >= 0.6 is 0 Å². The van der Waals surface area contributed by atoms with Crippen LogP contribution in [0, 0.1) is 0 Å². The van der Waals surface area contributed by atoms with Gasteiger partial charge in [-0.25, -0.2) is 4.98 Å². The number of carbonyl (C=O) groups is 1. The Labute approximate surface area is 186 Å². The Kier molecular flexibility index (Phi) is 7.99. The standard InChI is InChI=1S/C23H26N6O3/c1-4-21(30)26-18-6-5-7-19(14-18)27-22-20(32-3)15-25-23(29-22)28-17-10-8-16(9-11-17)24-12-13-31-2/h4-11,14-15,24H,1,12-13H2,2-3H3,(H,26,30)(H2,25,27,28,29). The highest BCUT2D eigenvalue weighted by Crippen LogP contribution is 2.28. The Hall–Kier alpha value is -4.11. The summed E-state index contributed by atoms with van der Waals surface area (Å²) in [5.74, 6) is 1.08. The first-order chi connectivity index (χ1) is 15.6. The predicted octanol–water partition coefficient (Wildman–Crippen LogP) is 4.16. The van der Waals surface area contributed by atoms with Crippen LogP contribution in [0.3, 0.4) is 0 Å². The zero-order chi connectivity index (χ0) is 22.8.